The fraction of sp³-hybridized carbons (Fsp3) is 0.933. The first kappa shape index (κ1) is 16.4. The van der Waals surface area contributed by atoms with E-state index < -0.39 is 5.54 Å². The van der Waals surface area contributed by atoms with Crippen LogP contribution in [-0.4, -0.2) is 42.6 Å². The average Bonchev–Trinajstić information content (AvgIpc) is 2.34. The second-order valence-corrected chi connectivity index (χ2v) is 6.29. The highest BCUT2D eigenvalue weighted by atomic mass is 16.5. The number of rotatable bonds is 6. The smallest absolute Gasteiger partial charge is 0.325 e. The number of carbonyl (C=O) groups excluding carboxylic acids is 1. The summed E-state index contributed by atoms with van der Waals surface area (Å²) in [6.45, 7) is 12.0. The van der Waals surface area contributed by atoms with E-state index in [2.05, 4.69) is 18.7 Å². The van der Waals surface area contributed by atoms with Crippen molar-refractivity contribution in [3.05, 3.63) is 0 Å². The van der Waals surface area contributed by atoms with Gasteiger partial charge in [-0.3, -0.25) is 4.79 Å². The highest BCUT2D eigenvalue weighted by molar-refractivity contribution is 5.79. The molecule has 0 amide bonds. The van der Waals surface area contributed by atoms with Crippen molar-refractivity contribution in [2.45, 2.75) is 52.5 Å². The van der Waals surface area contributed by atoms with Gasteiger partial charge in [0.25, 0.3) is 0 Å². The lowest BCUT2D eigenvalue weighted by Crippen LogP contribution is -2.47. The van der Waals surface area contributed by atoms with Crippen molar-refractivity contribution < 1.29 is 9.53 Å². The fourth-order valence-electron chi connectivity index (χ4n) is 2.62. The molecule has 0 aromatic carbocycles. The number of ether oxygens (including phenoxy) is 1. The lowest BCUT2D eigenvalue weighted by molar-refractivity contribution is -0.149. The summed E-state index contributed by atoms with van der Waals surface area (Å²) in [5, 5.41) is 0. The monoisotopic (exact) mass is 270 g/mol. The molecule has 3 unspecified atom stereocenters. The van der Waals surface area contributed by atoms with E-state index in [0.717, 1.165) is 24.8 Å². The molecule has 4 heteroatoms. The van der Waals surface area contributed by atoms with Crippen LogP contribution in [0.5, 0.6) is 0 Å². The lowest BCUT2D eigenvalue weighted by Gasteiger charge is -2.35. The van der Waals surface area contributed by atoms with Crippen LogP contribution in [0.15, 0.2) is 0 Å². The summed E-state index contributed by atoms with van der Waals surface area (Å²) in [7, 11) is 0. The normalized spacial score (nSPS) is 27.8. The Morgan fingerprint density at radius 3 is 2.68 bits per heavy atom. The molecule has 0 aliphatic carbocycles. The van der Waals surface area contributed by atoms with Crippen LogP contribution in [0.25, 0.3) is 0 Å². The maximum atomic E-state index is 11.7. The lowest BCUT2D eigenvalue weighted by atomic mass is 9.88. The van der Waals surface area contributed by atoms with Gasteiger partial charge in [-0.15, -0.1) is 0 Å². The van der Waals surface area contributed by atoms with Crippen LogP contribution >= 0.6 is 0 Å². The Kier molecular flexibility index (Phi) is 6.27. The molecule has 1 aliphatic heterocycles. The van der Waals surface area contributed by atoms with E-state index in [4.69, 9.17) is 10.5 Å². The van der Waals surface area contributed by atoms with Gasteiger partial charge in [-0.05, 0) is 58.0 Å². The minimum Gasteiger partial charge on any atom is -0.465 e. The van der Waals surface area contributed by atoms with Crippen LogP contribution in [0, 0.1) is 11.8 Å². The molecule has 0 aromatic heterocycles. The minimum absolute atomic E-state index is 0.282. The van der Waals surface area contributed by atoms with Crippen molar-refractivity contribution in [1.29, 1.82) is 0 Å². The Labute approximate surface area is 117 Å². The summed E-state index contributed by atoms with van der Waals surface area (Å²) in [6, 6.07) is 0. The molecule has 1 aliphatic rings. The van der Waals surface area contributed by atoms with E-state index >= 15 is 0 Å². The number of nitrogens with zero attached hydrogens (tertiary/aromatic N) is 1. The maximum absolute atomic E-state index is 11.7. The van der Waals surface area contributed by atoms with Crippen molar-refractivity contribution in [3.8, 4) is 0 Å². The number of carbonyl (C=O) groups is 1. The molecule has 4 nitrogen and oxygen atoms in total. The standard InChI is InChI=1S/C15H30N2O2/c1-5-19-14(18)15(4,16)8-6-9-17-10-7-12(2)13(3)11-17/h12-13H,5-11,16H2,1-4H3. The molecule has 1 rings (SSSR count). The summed E-state index contributed by atoms with van der Waals surface area (Å²) >= 11 is 0. The van der Waals surface area contributed by atoms with Gasteiger partial charge in [0.1, 0.15) is 5.54 Å². The number of nitrogens with two attached hydrogens (primary N) is 1. The molecule has 2 N–H and O–H groups in total. The summed E-state index contributed by atoms with van der Waals surface area (Å²) in [4.78, 5) is 14.2. The Balaban J connectivity index is 2.28. The fourth-order valence-corrected chi connectivity index (χ4v) is 2.62. The zero-order valence-corrected chi connectivity index (χ0v) is 12.9. The van der Waals surface area contributed by atoms with Crippen LogP contribution in [0.3, 0.4) is 0 Å². The first-order valence-corrected chi connectivity index (χ1v) is 7.55. The number of hydrogen-bond acceptors (Lipinski definition) is 4. The Morgan fingerprint density at radius 2 is 2.11 bits per heavy atom. The van der Waals surface area contributed by atoms with Gasteiger partial charge < -0.3 is 15.4 Å². The number of esters is 1. The molecule has 0 saturated carbocycles. The molecule has 3 atom stereocenters. The van der Waals surface area contributed by atoms with Gasteiger partial charge in [0, 0.05) is 6.54 Å². The van der Waals surface area contributed by atoms with Crippen molar-refractivity contribution in [1.82, 2.24) is 4.90 Å². The summed E-state index contributed by atoms with van der Waals surface area (Å²) in [6.07, 6.45) is 2.91. The van der Waals surface area contributed by atoms with Gasteiger partial charge >= 0.3 is 5.97 Å². The molecule has 1 heterocycles. The third kappa shape index (κ3) is 5.11. The molecule has 112 valence electrons. The van der Waals surface area contributed by atoms with Gasteiger partial charge in [0.2, 0.25) is 0 Å². The van der Waals surface area contributed by atoms with Gasteiger partial charge in [-0.25, -0.2) is 0 Å². The highest BCUT2D eigenvalue weighted by Gasteiger charge is 2.30. The Hall–Kier alpha value is -0.610. The molecule has 1 fully saturated rings. The van der Waals surface area contributed by atoms with Crippen LogP contribution in [0.4, 0.5) is 0 Å². The van der Waals surface area contributed by atoms with E-state index in [1.54, 1.807) is 6.92 Å². The van der Waals surface area contributed by atoms with Crippen LogP contribution in [-0.2, 0) is 9.53 Å². The van der Waals surface area contributed by atoms with Crippen molar-refractivity contribution in [2.75, 3.05) is 26.2 Å². The molecule has 0 aromatic rings. The Morgan fingerprint density at radius 1 is 1.42 bits per heavy atom. The molecule has 19 heavy (non-hydrogen) atoms. The van der Waals surface area contributed by atoms with Crippen LogP contribution < -0.4 is 5.73 Å². The quantitative estimate of drug-likeness (QED) is 0.750. The Bertz CT molecular complexity index is 292. The molecule has 0 radical (unpaired) electrons. The number of hydrogen-bond donors (Lipinski definition) is 1. The zero-order chi connectivity index (χ0) is 14.5. The van der Waals surface area contributed by atoms with Crippen LogP contribution in [0.1, 0.15) is 47.0 Å². The first-order valence-electron chi connectivity index (χ1n) is 7.55. The second kappa shape index (κ2) is 7.25. The van der Waals surface area contributed by atoms with Crippen LogP contribution in [0.2, 0.25) is 0 Å². The number of piperidine rings is 1. The second-order valence-electron chi connectivity index (χ2n) is 6.29. The van der Waals surface area contributed by atoms with E-state index in [-0.39, 0.29) is 5.97 Å². The molecule has 1 saturated heterocycles. The van der Waals surface area contributed by atoms with Crippen molar-refractivity contribution in [2.24, 2.45) is 17.6 Å². The summed E-state index contributed by atoms with van der Waals surface area (Å²) in [5.41, 5.74) is 5.18. The SMILES string of the molecule is CCOC(=O)C(C)(N)CCCN1CCC(C)C(C)C1. The van der Waals surface area contributed by atoms with E-state index in [1.807, 2.05) is 6.92 Å². The van der Waals surface area contributed by atoms with Crippen molar-refractivity contribution >= 4 is 5.97 Å². The maximum Gasteiger partial charge on any atom is 0.325 e. The molecular weight excluding hydrogens is 240 g/mol. The largest absolute Gasteiger partial charge is 0.465 e. The van der Waals surface area contributed by atoms with Gasteiger partial charge in [-0.2, -0.15) is 0 Å². The van der Waals surface area contributed by atoms with E-state index in [0.29, 0.717) is 13.0 Å². The summed E-state index contributed by atoms with van der Waals surface area (Å²) in [5.74, 6) is 1.31. The predicted molar refractivity (Wildman–Crippen MR) is 77.8 cm³/mol. The van der Waals surface area contributed by atoms with Gasteiger partial charge in [0.05, 0.1) is 6.61 Å². The third-order valence-electron chi connectivity index (χ3n) is 4.33. The third-order valence-corrected chi connectivity index (χ3v) is 4.33. The molecule has 0 spiro atoms. The topological polar surface area (TPSA) is 55.6 Å². The molecule has 0 bridgehead atoms. The summed E-state index contributed by atoms with van der Waals surface area (Å²) < 4.78 is 5.00. The first-order chi connectivity index (χ1) is 8.86. The van der Waals surface area contributed by atoms with Gasteiger partial charge in [-0.1, -0.05) is 13.8 Å². The van der Waals surface area contributed by atoms with Crippen molar-refractivity contribution in [3.63, 3.8) is 0 Å². The highest BCUT2D eigenvalue weighted by Crippen LogP contribution is 2.23. The van der Waals surface area contributed by atoms with Gasteiger partial charge in [0.15, 0.2) is 0 Å². The van der Waals surface area contributed by atoms with E-state index in [9.17, 15) is 4.79 Å². The van der Waals surface area contributed by atoms with E-state index in [1.165, 1.54) is 19.5 Å². The minimum atomic E-state index is -0.843. The molecular formula is C15H30N2O2. The zero-order valence-electron chi connectivity index (χ0n) is 12.9. The number of likely N-dealkylation sites (tertiary alicyclic amines) is 1. The average molecular weight is 270 g/mol. The predicted octanol–water partition coefficient (Wildman–Crippen LogP) is 2.02.